The third-order valence-electron chi connectivity index (χ3n) is 3.81. The van der Waals surface area contributed by atoms with Crippen molar-refractivity contribution in [2.24, 2.45) is 0 Å². The van der Waals surface area contributed by atoms with E-state index >= 15 is 0 Å². The van der Waals surface area contributed by atoms with Gasteiger partial charge < -0.3 is 15.5 Å². The molecule has 0 unspecified atom stereocenters. The maximum atomic E-state index is 12.3. The monoisotopic (exact) mass is 342 g/mol. The second-order valence-corrected chi connectivity index (χ2v) is 6.95. The van der Waals surface area contributed by atoms with Gasteiger partial charge in [0.25, 0.3) is 5.91 Å². The molecule has 1 fully saturated rings. The SMILES string of the molecule is CC(=O)NCC[S@@](=O)C1=C(C(=O)O)N2C(=O)C(=C(C)CO)[C@H]2C1. The Morgan fingerprint density at radius 1 is 1.39 bits per heavy atom. The maximum Gasteiger partial charge on any atom is 0.353 e. The number of carboxylic acids is 1. The number of carboxylic acid groups (broad SMARTS) is 1. The van der Waals surface area contributed by atoms with Crippen LogP contribution in [0.15, 0.2) is 21.7 Å². The molecule has 0 spiro atoms. The molecule has 126 valence electrons. The topological polar surface area (TPSA) is 124 Å². The predicted molar refractivity (Wildman–Crippen MR) is 81.4 cm³/mol. The normalized spacial score (nSPS) is 23.3. The third kappa shape index (κ3) is 3.06. The van der Waals surface area contributed by atoms with E-state index in [4.69, 9.17) is 5.11 Å². The van der Waals surface area contributed by atoms with Gasteiger partial charge in [0.05, 0.1) is 28.4 Å². The Bertz CT molecular complexity index is 666. The lowest BCUT2D eigenvalue weighted by Gasteiger charge is -2.39. The lowest BCUT2D eigenvalue weighted by molar-refractivity contribution is -0.142. The molecule has 2 atom stereocenters. The van der Waals surface area contributed by atoms with Crippen LogP contribution in [0.5, 0.6) is 0 Å². The number of carbonyl (C=O) groups is 3. The fourth-order valence-corrected chi connectivity index (χ4v) is 4.03. The van der Waals surface area contributed by atoms with Crippen molar-refractivity contribution in [2.75, 3.05) is 18.9 Å². The van der Waals surface area contributed by atoms with Crippen molar-refractivity contribution in [3.8, 4) is 0 Å². The van der Waals surface area contributed by atoms with Crippen LogP contribution in [0.1, 0.15) is 20.3 Å². The number of aliphatic hydroxyl groups excluding tert-OH is 1. The summed E-state index contributed by atoms with van der Waals surface area (Å²) in [6.45, 7) is 2.82. The molecule has 2 aliphatic heterocycles. The quantitative estimate of drug-likeness (QED) is 0.424. The van der Waals surface area contributed by atoms with Crippen molar-refractivity contribution < 1.29 is 28.8 Å². The van der Waals surface area contributed by atoms with Crippen molar-refractivity contribution >= 4 is 28.6 Å². The van der Waals surface area contributed by atoms with Gasteiger partial charge in [0.1, 0.15) is 5.70 Å². The fraction of sp³-hybridized carbons (Fsp3) is 0.500. The molecule has 0 aromatic rings. The molecule has 0 aromatic carbocycles. The van der Waals surface area contributed by atoms with Crippen LogP contribution in [0.4, 0.5) is 0 Å². The van der Waals surface area contributed by atoms with Crippen LogP contribution in [0.2, 0.25) is 0 Å². The number of carbonyl (C=O) groups excluding carboxylic acids is 2. The average molecular weight is 342 g/mol. The van der Waals surface area contributed by atoms with Gasteiger partial charge >= 0.3 is 5.97 Å². The number of hydrogen-bond acceptors (Lipinski definition) is 5. The molecule has 2 heterocycles. The summed E-state index contributed by atoms with van der Waals surface area (Å²) in [4.78, 5) is 35.7. The van der Waals surface area contributed by atoms with Gasteiger partial charge in [-0.3, -0.25) is 18.7 Å². The number of amides is 2. The maximum absolute atomic E-state index is 12.3. The number of β-lactam (4-membered cyclic amide) rings is 1. The summed E-state index contributed by atoms with van der Waals surface area (Å²) in [7, 11) is -1.60. The van der Waals surface area contributed by atoms with Crippen molar-refractivity contribution in [3.63, 3.8) is 0 Å². The van der Waals surface area contributed by atoms with Gasteiger partial charge in [-0.15, -0.1) is 0 Å². The minimum Gasteiger partial charge on any atom is -0.477 e. The number of fused-ring (bicyclic) bond motifs is 1. The molecule has 2 amide bonds. The zero-order valence-electron chi connectivity index (χ0n) is 12.8. The molecule has 9 heteroatoms. The largest absolute Gasteiger partial charge is 0.477 e. The predicted octanol–water partition coefficient (Wildman–Crippen LogP) is -0.909. The molecule has 0 aliphatic carbocycles. The van der Waals surface area contributed by atoms with E-state index in [1.54, 1.807) is 6.92 Å². The first kappa shape index (κ1) is 17.4. The van der Waals surface area contributed by atoms with Gasteiger partial charge in [0, 0.05) is 31.2 Å². The summed E-state index contributed by atoms with van der Waals surface area (Å²) in [5.41, 5.74) is 0.641. The summed E-state index contributed by atoms with van der Waals surface area (Å²) in [6.07, 6.45) is 0.173. The highest BCUT2D eigenvalue weighted by Crippen LogP contribution is 2.44. The second kappa shape index (κ2) is 6.63. The number of aliphatic hydroxyl groups is 1. The van der Waals surface area contributed by atoms with Crippen molar-refractivity contribution in [3.05, 3.63) is 21.7 Å². The van der Waals surface area contributed by atoms with Crippen LogP contribution in [-0.2, 0) is 25.2 Å². The first-order chi connectivity index (χ1) is 10.8. The molecule has 0 saturated carbocycles. The Balaban J connectivity index is 2.23. The van der Waals surface area contributed by atoms with Gasteiger partial charge in [-0.25, -0.2) is 4.79 Å². The van der Waals surface area contributed by atoms with E-state index in [1.165, 1.54) is 6.92 Å². The summed E-state index contributed by atoms with van der Waals surface area (Å²) >= 11 is 0. The van der Waals surface area contributed by atoms with Gasteiger partial charge in [-0.05, 0) is 12.5 Å². The first-order valence-electron chi connectivity index (χ1n) is 7.02. The molecule has 0 radical (unpaired) electrons. The molecule has 1 saturated heterocycles. The smallest absolute Gasteiger partial charge is 0.353 e. The molecular formula is C14H18N2O6S. The van der Waals surface area contributed by atoms with Gasteiger partial charge in [0.15, 0.2) is 0 Å². The molecule has 3 N–H and O–H groups in total. The first-order valence-corrected chi connectivity index (χ1v) is 8.34. The number of hydrogen-bond donors (Lipinski definition) is 3. The molecule has 2 aliphatic rings. The van der Waals surface area contributed by atoms with Gasteiger partial charge in [0.2, 0.25) is 5.91 Å². The van der Waals surface area contributed by atoms with Crippen LogP contribution in [0.3, 0.4) is 0 Å². The molecule has 0 bridgehead atoms. The summed E-state index contributed by atoms with van der Waals surface area (Å²) in [6, 6.07) is -0.472. The number of nitrogens with zero attached hydrogens (tertiary/aromatic N) is 1. The summed E-state index contributed by atoms with van der Waals surface area (Å²) in [5, 5.41) is 21.0. The minimum atomic E-state index is -1.60. The number of rotatable bonds is 6. The van der Waals surface area contributed by atoms with Crippen LogP contribution in [0.25, 0.3) is 0 Å². The fourth-order valence-electron chi connectivity index (χ4n) is 2.75. The van der Waals surface area contributed by atoms with Gasteiger partial charge in [-0.2, -0.15) is 0 Å². The Morgan fingerprint density at radius 3 is 2.57 bits per heavy atom. The Morgan fingerprint density at radius 2 is 2.04 bits per heavy atom. The summed E-state index contributed by atoms with van der Waals surface area (Å²) < 4.78 is 12.3. The number of aliphatic carboxylic acids is 1. The lowest BCUT2D eigenvalue weighted by atomic mass is 9.90. The molecule has 8 nitrogen and oxygen atoms in total. The second-order valence-electron chi connectivity index (χ2n) is 5.36. The van der Waals surface area contributed by atoms with E-state index in [0.29, 0.717) is 11.1 Å². The molecule has 2 rings (SSSR count). The van der Waals surface area contributed by atoms with E-state index in [-0.39, 0.29) is 41.8 Å². The molecule has 0 aromatic heterocycles. The van der Waals surface area contributed by atoms with Crippen molar-refractivity contribution in [1.82, 2.24) is 10.2 Å². The number of nitrogens with one attached hydrogen (secondary N) is 1. The Labute approximate surface area is 135 Å². The average Bonchev–Trinajstić information content (AvgIpc) is 2.82. The van der Waals surface area contributed by atoms with Crippen LogP contribution < -0.4 is 5.32 Å². The lowest BCUT2D eigenvalue weighted by Crippen LogP contribution is -2.53. The van der Waals surface area contributed by atoms with E-state index in [1.807, 2.05) is 0 Å². The standard InChI is InChI=1S/C14H18N2O6S/c1-7(6-17)11-9-5-10(23(22)4-3-15-8(2)18)12(14(20)21)16(9)13(11)19/h9,17H,3-6H2,1-2H3,(H,15,18)(H,20,21)/t9-,23-/m1/s1. The summed E-state index contributed by atoms with van der Waals surface area (Å²) in [5.74, 6) is -1.95. The zero-order chi connectivity index (χ0) is 17.3. The molecule has 23 heavy (non-hydrogen) atoms. The van der Waals surface area contributed by atoms with Crippen molar-refractivity contribution in [2.45, 2.75) is 26.3 Å². The van der Waals surface area contributed by atoms with E-state index in [0.717, 1.165) is 4.90 Å². The Kier molecular flexibility index (Phi) is 5.00. The van der Waals surface area contributed by atoms with E-state index < -0.39 is 28.7 Å². The Hall–Kier alpha value is -2.00. The van der Waals surface area contributed by atoms with Crippen LogP contribution >= 0.6 is 0 Å². The highest BCUT2D eigenvalue weighted by atomic mass is 32.2. The van der Waals surface area contributed by atoms with E-state index in [2.05, 4.69) is 5.32 Å². The highest BCUT2D eigenvalue weighted by molar-refractivity contribution is 7.89. The molecular weight excluding hydrogens is 324 g/mol. The van der Waals surface area contributed by atoms with Crippen LogP contribution in [-0.4, -0.2) is 62.1 Å². The zero-order valence-corrected chi connectivity index (χ0v) is 13.6. The highest BCUT2D eigenvalue weighted by Gasteiger charge is 2.53. The third-order valence-corrected chi connectivity index (χ3v) is 5.30. The minimum absolute atomic E-state index is 0.0818. The van der Waals surface area contributed by atoms with Crippen LogP contribution in [0, 0.1) is 0 Å². The van der Waals surface area contributed by atoms with E-state index in [9.17, 15) is 23.7 Å². The van der Waals surface area contributed by atoms with Crippen molar-refractivity contribution in [1.29, 1.82) is 0 Å². The van der Waals surface area contributed by atoms with Gasteiger partial charge in [-0.1, -0.05) is 0 Å².